The number of rotatable bonds is 6. The molecular formula is C20H19N5O5S. The number of amides is 2. The van der Waals surface area contributed by atoms with Crippen LogP contribution >= 0.6 is 11.3 Å². The van der Waals surface area contributed by atoms with Crippen molar-refractivity contribution in [2.45, 2.75) is 13.0 Å². The van der Waals surface area contributed by atoms with Crippen LogP contribution in [0.4, 0.5) is 10.5 Å². The first kappa shape index (κ1) is 20.4. The number of aromatic hydroxyl groups is 1. The molecule has 1 aliphatic heterocycles. The maximum atomic E-state index is 12.5. The van der Waals surface area contributed by atoms with Crippen LogP contribution in [0.1, 0.15) is 29.8 Å². The largest absolute Gasteiger partial charge is 0.500 e. The molecule has 0 aliphatic carbocycles. The fourth-order valence-electron chi connectivity index (χ4n) is 3.47. The number of nitro groups is 1. The van der Waals surface area contributed by atoms with E-state index in [9.17, 15) is 20.0 Å². The van der Waals surface area contributed by atoms with Gasteiger partial charge in [-0.15, -0.1) is 0 Å². The Labute approximate surface area is 180 Å². The average Bonchev–Trinajstić information content (AvgIpc) is 3.40. The van der Waals surface area contributed by atoms with Gasteiger partial charge in [0.15, 0.2) is 5.75 Å². The van der Waals surface area contributed by atoms with E-state index in [1.807, 2.05) is 16.8 Å². The van der Waals surface area contributed by atoms with E-state index in [1.165, 1.54) is 23.5 Å². The standard InChI is InChI=1S/C20H19N5O5S/c1-3-30-15-9-12(8-14(19(15)26)25(28)29)17-16(11-5-7-31-10-11)18(22-20(27)21-17)13-4-6-24(2)23-13/h4-10,18,26H,3H2,1-2H3,(H2,21,22,27). The van der Waals surface area contributed by atoms with Crippen molar-refractivity contribution in [3.63, 3.8) is 0 Å². The van der Waals surface area contributed by atoms with Crippen molar-refractivity contribution in [2.75, 3.05) is 6.61 Å². The lowest BCUT2D eigenvalue weighted by Crippen LogP contribution is -2.43. The molecule has 0 radical (unpaired) electrons. The van der Waals surface area contributed by atoms with Gasteiger partial charge in [-0.3, -0.25) is 14.8 Å². The molecule has 0 saturated heterocycles. The predicted molar refractivity (Wildman–Crippen MR) is 115 cm³/mol. The van der Waals surface area contributed by atoms with E-state index in [1.54, 1.807) is 30.9 Å². The van der Waals surface area contributed by atoms with Crippen LogP contribution in [0.5, 0.6) is 11.5 Å². The molecule has 3 N–H and O–H groups in total. The number of phenols is 1. The Balaban J connectivity index is 1.99. The topological polar surface area (TPSA) is 132 Å². The van der Waals surface area contributed by atoms with Crippen molar-refractivity contribution >= 4 is 34.3 Å². The zero-order valence-corrected chi connectivity index (χ0v) is 17.5. The summed E-state index contributed by atoms with van der Waals surface area (Å²) in [5, 5.41) is 35.7. The van der Waals surface area contributed by atoms with Gasteiger partial charge in [-0.25, -0.2) is 4.79 Å². The second-order valence-electron chi connectivity index (χ2n) is 6.78. The van der Waals surface area contributed by atoms with E-state index in [0.29, 0.717) is 22.5 Å². The van der Waals surface area contributed by atoms with Gasteiger partial charge in [0.2, 0.25) is 5.75 Å². The van der Waals surface area contributed by atoms with Crippen LogP contribution in [0.2, 0.25) is 0 Å². The molecular weight excluding hydrogens is 422 g/mol. The lowest BCUT2D eigenvalue weighted by molar-refractivity contribution is -0.386. The Kier molecular flexibility index (Phi) is 5.34. The van der Waals surface area contributed by atoms with Crippen molar-refractivity contribution in [2.24, 2.45) is 7.05 Å². The zero-order valence-electron chi connectivity index (χ0n) is 16.7. The molecule has 11 heteroatoms. The number of ether oxygens (including phenoxy) is 1. The fraction of sp³-hybridized carbons (Fsp3) is 0.200. The van der Waals surface area contributed by atoms with E-state index in [0.717, 1.165) is 5.56 Å². The number of hydrogen-bond donors (Lipinski definition) is 3. The third-order valence-electron chi connectivity index (χ3n) is 4.77. The van der Waals surface area contributed by atoms with Crippen LogP contribution in [0.25, 0.3) is 11.3 Å². The molecule has 4 rings (SSSR count). The molecule has 10 nitrogen and oxygen atoms in total. The number of aromatic nitrogens is 2. The summed E-state index contributed by atoms with van der Waals surface area (Å²) < 4.78 is 7.04. The molecule has 0 fully saturated rings. The van der Waals surface area contributed by atoms with Gasteiger partial charge in [-0.05, 0) is 41.4 Å². The fourth-order valence-corrected chi connectivity index (χ4v) is 4.13. The number of phenolic OH excluding ortho intramolecular Hbond substituents is 1. The van der Waals surface area contributed by atoms with Crippen LogP contribution < -0.4 is 15.4 Å². The summed E-state index contributed by atoms with van der Waals surface area (Å²) in [7, 11) is 1.78. The molecule has 1 unspecified atom stereocenters. The normalized spacial score (nSPS) is 16.1. The molecule has 0 bridgehead atoms. The first-order valence-electron chi connectivity index (χ1n) is 9.37. The van der Waals surface area contributed by atoms with Crippen molar-refractivity contribution in [1.29, 1.82) is 0 Å². The van der Waals surface area contributed by atoms with Crippen LogP contribution in [0, 0.1) is 10.1 Å². The maximum absolute atomic E-state index is 12.5. The number of thiophene rings is 1. The van der Waals surface area contributed by atoms with Gasteiger partial charge < -0.3 is 20.5 Å². The first-order valence-corrected chi connectivity index (χ1v) is 10.3. The number of nitrogens with zero attached hydrogens (tertiary/aromatic N) is 3. The van der Waals surface area contributed by atoms with Crippen molar-refractivity contribution < 1.29 is 19.6 Å². The molecule has 0 spiro atoms. The quantitative estimate of drug-likeness (QED) is 0.397. The molecule has 2 amide bonds. The molecule has 0 saturated carbocycles. The highest BCUT2D eigenvalue weighted by atomic mass is 32.1. The Morgan fingerprint density at radius 2 is 2.16 bits per heavy atom. The second-order valence-corrected chi connectivity index (χ2v) is 7.56. The van der Waals surface area contributed by atoms with Crippen LogP contribution in [0.15, 0.2) is 41.2 Å². The van der Waals surface area contributed by atoms with Gasteiger partial charge in [-0.1, -0.05) is 0 Å². The first-order chi connectivity index (χ1) is 14.9. The lowest BCUT2D eigenvalue weighted by atomic mass is 9.91. The summed E-state index contributed by atoms with van der Waals surface area (Å²) in [6, 6.07) is 5.34. The highest BCUT2D eigenvalue weighted by Crippen LogP contribution is 2.43. The van der Waals surface area contributed by atoms with E-state index in [4.69, 9.17) is 4.74 Å². The van der Waals surface area contributed by atoms with Crippen LogP contribution in [0.3, 0.4) is 0 Å². The van der Waals surface area contributed by atoms with Crippen molar-refractivity contribution in [3.8, 4) is 11.5 Å². The number of carbonyl (C=O) groups excluding carboxylic acids is 1. The molecule has 1 atom stereocenters. The van der Waals surface area contributed by atoms with Gasteiger partial charge in [0.05, 0.1) is 22.9 Å². The second kappa shape index (κ2) is 8.11. The summed E-state index contributed by atoms with van der Waals surface area (Å²) in [6.45, 7) is 1.91. The Morgan fingerprint density at radius 3 is 2.77 bits per heavy atom. The molecule has 160 valence electrons. The highest BCUT2D eigenvalue weighted by Gasteiger charge is 2.33. The summed E-state index contributed by atoms with van der Waals surface area (Å²) in [5.74, 6) is -0.596. The number of nitro benzene ring substituents is 1. The minimum atomic E-state index is -0.689. The van der Waals surface area contributed by atoms with Gasteiger partial charge >= 0.3 is 11.7 Å². The third kappa shape index (κ3) is 3.82. The average molecular weight is 441 g/mol. The van der Waals surface area contributed by atoms with Gasteiger partial charge in [0.1, 0.15) is 6.04 Å². The minimum absolute atomic E-state index is 0.0361. The van der Waals surface area contributed by atoms with Crippen LogP contribution in [-0.2, 0) is 7.05 Å². The molecule has 3 aromatic rings. The summed E-state index contributed by atoms with van der Waals surface area (Å²) in [6.07, 6.45) is 1.77. The van der Waals surface area contributed by atoms with Crippen molar-refractivity contribution in [3.05, 3.63) is 68.2 Å². The van der Waals surface area contributed by atoms with E-state index in [-0.39, 0.29) is 12.4 Å². The smallest absolute Gasteiger partial charge is 0.320 e. The number of urea groups is 1. The monoisotopic (exact) mass is 441 g/mol. The highest BCUT2D eigenvalue weighted by molar-refractivity contribution is 7.08. The van der Waals surface area contributed by atoms with Crippen molar-refractivity contribution in [1.82, 2.24) is 20.4 Å². The maximum Gasteiger partial charge on any atom is 0.320 e. The molecule has 1 aliphatic rings. The lowest BCUT2D eigenvalue weighted by Gasteiger charge is -2.29. The summed E-state index contributed by atoms with van der Waals surface area (Å²) in [5.41, 5.74) is 2.35. The predicted octanol–water partition coefficient (Wildman–Crippen LogP) is 3.42. The number of hydrogen-bond acceptors (Lipinski definition) is 7. The molecule has 31 heavy (non-hydrogen) atoms. The Hall–Kier alpha value is -3.86. The molecule has 2 aromatic heterocycles. The van der Waals surface area contributed by atoms with Crippen LogP contribution in [-0.4, -0.2) is 32.4 Å². The van der Waals surface area contributed by atoms with E-state index in [2.05, 4.69) is 15.7 Å². The van der Waals surface area contributed by atoms with Gasteiger partial charge in [0, 0.05) is 30.4 Å². The zero-order chi connectivity index (χ0) is 22.1. The number of carbonyl (C=O) groups is 1. The third-order valence-corrected chi connectivity index (χ3v) is 5.46. The summed E-state index contributed by atoms with van der Waals surface area (Å²) in [4.78, 5) is 23.4. The summed E-state index contributed by atoms with van der Waals surface area (Å²) >= 11 is 1.48. The van der Waals surface area contributed by atoms with E-state index >= 15 is 0 Å². The van der Waals surface area contributed by atoms with Gasteiger partial charge in [-0.2, -0.15) is 16.4 Å². The molecule has 3 heterocycles. The SMILES string of the molecule is CCOc1cc(C2=C(c3ccsc3)C(c3ccn(C)n3)NC(=O)N2)cc([N+](=O)[O-])c1O. The number of benzene rings is 1. The van der Waals surface area contributed by atoms with E-state index < -0.39 is 28.4 Å². The molecule has 1 aromatic carbocycles. The Bertz CT molecular complexity index is 1180. The Morgan fingerprint density at radius 1 is 1.35 bits per heavy atom. The minimum Gasteiger partial charge on any atom is -0.500 e. The number of nitrogens with one attached hydrogen (secondary N) is 2. The van der Waals surface area contributed by atoms with Gasteiger partial charge in [0.25, 0.3) is 0 Å². The number of aryl methyl sites for hydroxylation is 1.